The lowest BCUT2D eigenvalue weighted by Crippen LogP contribution is -2.20. The zero-order valence-corrected chi connectivity index (χ0v) is 21.6. The summed E-state index contributed by atoms with van der Waals surface area (Å²) >= 11 is 10.7. The molecule has 1 aliphatic rings. The number of hydrogen-bond donors (Lipinski definition) is 0. The van der Waals surface area contributed by atoms with E-state index >= 15 is 0 Å². The summed E-state index contributed by atoms with van der Waals surface area (Å²) in [4.78, 5) is 22.6. The predicted molar refractivity (Wildman–Crippen MR) is 144 cm³/mol. The first kappa shape index (κ1) is 22.4. The van der Waals surface area contributed by atoms with Crippen LogP contribution in [-0.4, -0.2) is 43.1 Å². The van der Waals surface area contributed by atoms with Crippen LogP contribution in [0.2, 0.25) is 5.02 Å². The molecule has 8 bridgehead atoms. The maximum absolute atomic E-state index is 7.00. The summed E-state index contributed by atoms with van der Waals surface area (Å²) in [6.45, 7) is 0. The fraction of sp³-hybridized carbons (Fsp3) is 0.160. The Morgan fingerprint density at radius 3 is 1.38 bits per heavy atom. The molecule has 4 aromatic rings. The van der Waals surface area contributed by atoms with E-state index in [-0.39, 0.29) is 0 Å². The second kappa shape index (κ2) is 8.77. The highest BCUT2D eigenvalue weighted by atomic mass is 79.9. The fourth-order valence-electron chi connectivity index (χ4n) is 3.93. The van der Waals surface area contributed by atoms with Gasteiger partial charge in [0.2, 0.25) is 0 Å². The Hall–Kier alpha value is -3.36. The van der Waals surface area contributed by atoms with Gasteiger partial charge in [0.25, 0.3) is 0 Å². The number of nitrogens with zero attached hydrogens (tertiary/aromatic N) is 7. The third-order valence-electron chi connectivity index (χ3n) is 5.96. The van der Waals surface area contributed by atoms with Crippen molar-refractivity contribution in [2.45, 2.75) is 0 Å². The highest BCUT2D eigenvalue weighted by Gasteiger charge is 2.21. The maximum Gasteiger partial charge on any atom is 0.136 e. The smallest absolute Gasteiger partial charge is 0.136 e. The molecule has 172 valence electrons. The van der Waals surface area contributed by atoms with Crippen LogP contribution < -0.4 is 19.6 Å². The number of pyridine rings is 3. The first-order valence-electron chi connectivity index (χ1n) is 10.7. The molecule has 0 saturated heterocycles. The first-order chi connectivity index (χ1) is 16.3. The summed E-state index contributed by atoms with van der Waals surface area (Å²) in [5, 5.41) is 0.597. The molecule has 0 aliphatic carbocycles. The summed E-state index contributed by atoms with van der Waals surface area (Å²) in [6.07, 6.45) is 0. The number of aromatic nitrogens is 3. The molecule has 0 N–H and O–H groups in total. The molecule has 1 aromatic carbocycles. The number of anilines is 8. The van der Waals surface area contributed by atoms with Crippen molar-refractivity contribution in [3.05, 3.63) is 76.2 Å². The summed E-state index contributed by atoms with van der Waals surface area (Å²) < 4.78 is 0.870. The van der Waals surface area contributed by atoms with Crippen LogP contribution in [-0.2, 0) is 0 Å². The molecular formula is C25H23BrClN7. The molecule has 0 spiro atoms. The Kier molecular flexibility index (Phi) is 5.79. The minimum Gasteiger partial charge on any atom is -0.328 e. The molecular weight excluding hydrogens is 514 g/mol. The average Bonchev–Trinajstić information content (AvgIpc) is 2.87. The van der Waals surface area contributed by atoms with Crippen LogP contribution in [0.5, 0.6) is 0 Å². The van der Waals surface area contributed by atoms with Crippen LogP contribution >= 0.6 is 27.5 Å². The summed E-state index contributed by atoms with van der Waals surface area (Å²) in [7, 11) is 7.83. The largest absolute Gasteiger partial charge is 0.328 e. The van der Waals surface area contributed by atoms with Crippen molar-refractivity contribution in [3.8, 4) is 0 Å². The van der Waals surface area contributed by atoms with Crippen LogP contribution in [0.15, 0.2) is 71.2 Å². The molecule has 9 heteroatoms. The van der Waals surface area contributed by atoms with Crippen molar-refractivity contribution >= 4 is 73.8 Å². The first-order valence-corrected chi connectivity index (χ1v) is 11.9. The monoisotopic (exact) mass is 535 g/mol. The lowest BCUT2D eigenvalue weighted by atomic mass is 10.2. The van der Waals surface area contributed by atoms with Gasteiger partial charge in [-0.25, -0.2) is 15.0 Å². The minimum absolute atomic E-state index is 0.597. The Bertz CT molecular complexity index is 1380. The van der Waals surface area contributed by atoms with E-state index in [2.05, 4.69) is 15.9 Å². The molecule has 0 radical (unpaired) electrons. The van der Waals surface area contributed by atoms with Gasteiger partial charge in [-0.05, 0) is 64.5 Å². The Morgan fingerprint density at radius 2 is 0.941 bits per heavy atom. The topological polar surface area (TPSA) is 51.6 Å². The molecule has 0 amide bonds. The summed E-state index contributed by atoms with van der Waals surface area (Å²) in [6, 6.07) is 21.7. The van der Waals surface area contributed by atoms with E-state index in [9.17, 15) is 0 Å². The third-order valence-corrected chi connectivity index (χ3v) is 6.98. The van der Waals surface area contributed by atoms with Crippen LogP contribution in [0, 0.1) is 0 Å². The highest BCUT2D eigenvalue weighted by Crippen LogP contribution is 2.44. The molecule has 0 atom stereocenters. The van der Waals surface area contributed by atoms with E-state index in [4.69, 9.17) is 26.6 Å². The van der Waals surface area contributed by atoms with Crippen LogP contribution in [0.25, 0.3) is 0 Å². The predicted octanol–water partition coefficient (Wildman–Crippen LogP) is 6.67. The second-order valence-corrected chi connectivity index (χ2v) is 9.26. The minimum atomic E-state index is 0.597. The fourth-order valence-corrected chi connectivity index (χ4v) is 5.06. The standard InChI is InChI=1S/C25H23BrClN7/c1-31-17-15-14-16(26)25(24(17)27)34(4)23-13-7-12-22(30-23)33(3)21-11-6-10-20(29-21)32(2)19-9-5-8-18(31)28-19/h5-15H,1-4H3. The van der Waals surface area contributed by atoms with Crippen molar-refractivity contribution in [2.24, 2.45) is 0 Å². The SMILES string of the molecule is CN1c2cccc(n2)N(C)c2cccc(n2)N(C)c2c(Br)ccc(c2Cl)N(C)c2cccc1n2. The maximum atomic E-state index is 7.00. The zero-order valence-electron chi connectivity index (χ0n) is 19.2. The van der Waals surface area contributed by atoms with Gasteiger partial charge in [0.05, 0.1) is 16.4 Å². The number of rotatable bonds is 0. The lowest BCUT2D eigenvalue weighted by Gasteiger charge is -2.28. The number of hydrogen-bond acceptors (Lipinski definition) is 7. The van der Waals surface area contributed by atoms with E-state index in [1.807, 2.05) is 115 Å². The molecule has 5 rings (SSSR count). The van der Waals surface area contributed by atoms with Crippen LogP contribution in [0.1, 0.15) is 0 Å². The van der Waals surface area contributed by atoms with E-state index in [0.717, 1.165) is 50.8 Å². The lowest BCUT2D eigenvalue weighted by molar-refractivity contribution is 1.02. The number of benzene rings is 1. The quantitative estimate of drug-likeness (QED) is 0.249. The van der Waals surface area contributed by atoms with Crippen molar-refractivity contribution in [3.63, 3.8) is 0 Å². The van der Waals surface area contributed by atoms with Crippen molar-refractivity contribution in [1.29, 1.82) is 0 Å². The van der Waals surface area contributed by atoms with E-state index in [1.54, 1.807) is 0 Å². The van der Waals surface area contributed by atoms with Crippen LogP contribution in [0.4, 0.5) is 46.3 Å². The van der Waals surface area contributed by atoms with Gasteiger partial charge in [0.1, 0.15) is 34.9 Å². The summed E-state index contributed by atoms with van der Waals surface area (Å²) in [5.41, 5.74) is 1.65. The van der Waals surface area contributed by atoms with Crippen molar-refractivity contribution in [2.75, 3.05) is 47.8 Å². The third kappa shape index (κ3) is 3.82. The molecule has 0 unspecified atom stereocenters. The van der Waals surface area contributed by atoms with Gasteiger partial charge in [-0.3, -0.25) is 0 Å². The van der Waals surface area contributed by atoms with Gasteiger partial charge < -0.3 is 19.6 Å². The van der Waals surface area contributed by atoms with Gasteiger partial charge >= 0.3 is 0 Å². The Morgan fingerprint density at radius 1 is 0.559 bits per heavy atom. The van der Waals surface area contributed by atoms with Crippen molar-refractivity contribution in [1.82, 2.24) is 15.0 Å². The Labute approximate surface area is 212 Å². The molecule has 3 aromatic heterocycles. The summed E-state index contributed by atoms with van der Waals surface area (Å²) in [5.74, 6) is 4.62. The highest BCUT2D eigenvalue weighted by molar-refractivity contribution is 9.10. The molecule has 4 heterocycles. The van der Waals surface area contributed by atoms with E-state index in [1.165, 1.54) is 0 Å². The van der Waals surface area contributed by atoms with Gasteiger partial charge in [0.15, 0.2) is 0 Å². The molecule has 34 heavy (non-hydrogen) atoms. The number of fused-ring (bicyclic) bond motifs is 8. The molecule has 1 aliphatic heterocycles. The normalized spacial score (nSPS) is 13.4. The van der Waals surface area contributed by atoms with Crippen LogP contribution in [0.3, 0.4) is 0 Å². The van der Waals surface area contributed by atoms with Gasteiger partial charge in [-0.2, -0.15) is 0 Å². The van der Waals surface area contributed by atoms with E-state index in [0.29, 0.717) is 5.02 Å². The Balaban J connectivity index is 1.77. The average molecular weight is 537 g/mol. The molecule has 0 fully saturated rings. The van der Waals surface area contributed by atoms with Gasteiger partial charge in [-0.15, -0.1) is 0 Å². The van der Waals surface area contributed by atoms with Gasteiger partial charge in [0, 0.05) is 32.7 Å². The molecule has 7 nitrogen and oxygen atoms in total. The van der Waals surface area contributed by atoms with Gasteiger partial charge in [-0.1, -0.05) is 29.8 Å². The van der Waals surface area contributed by atoms with Crippen molar-refractivity contribution < 1.29 is 0 Å². The molecule has 0 saturated carbocycles. The van der Waals surface area contributed by atoms with E-state index < -0.39 is 0 Å². The zero-order chi connectivity index (χ0) is 24.0. The second-order valence-electron chi connectivity index (χ2n) is 8.03. The number of halogens is 2.